The van der Waals surface area contributed by atoms with Gasteiger partial charge >= 0.3 is 6.18 Å². The fraction of sp³-hybridized carbons (Fsp3) is 0.632. The van der Waals surface area contributed by atoms with Gasteiger partial charge in [-0.2, -0.15) is 13.2 Å². The van der Waals surface area contributed by atoms with E-state index < -0.39 is 12.6 Å². The van der Waals surface area contributed by atoms with E-state index in [1.54, 1.807) is 0 Å². The maximum absolute atomic E-state index is 12.5. The molecular weight excluding hydrogens is 329 g/mol. The summed E-state index contributed by atoms with van der Waals surface area (Å²) in [5.41, 5.74) is 2.08. The summed E-state index contributed by atoms with van der Waals surface area (Å²) in [5, 5.41) is 0. The Labute approximate surface area is 146 Å². The minimum absolute atomic E-state index is 0.171. The molecule has 2 aliphatic heterocycles. The van der Waals surface area contributed by atoms with Crippen molar-refractivity contribution >= 4 is 11.6 Å². The predicted molar refractivity (Wildman–Crippen MR) is 91.6 cm³/mol. The summed E-state index contributed by atoms with van der Waals surface area (Å²) in [6.07, 6.45) is -0.800. The van der Waals surface area contributed by atoms with Crippen molar-refractivity contribution < 1.29 is 18.0 Å². The second kappa shape index (κ2) is 7.77. The molecule has 2 saturated heterocycles. The molecule has 2 heterocycles. The average molecular weight is 354 g/mol. The number of halogens is 3. The van der Waals surface area contributed by atoms with Crippen LogP contribution in [0, 0.1) is 5.92 Å². The molecule has 1 aromatic carbocycles. The van der Waals surface area contributed by atoms with Crippen molar-refractivity contribution in [1.29, 1.82) is 0 Å². The standard InChI is InChI=1S/C19H25F3N2O/c20-19(21,22)13-15-8-11-23(14-15)12-9-16-5-1-2-6-17(16)24-10-4-3-7-18(24)25/h1-2,5-6,15H,3-4,7-14H2/t15-/m1/s1. The van der Waals surface area contributed by atoms with Crippen LogP contribution in [0.15, 0.2) is 24.3 Å². The molecule has 2 fully saturated rings. The zero-order valence-corrected chi connectivity index (χ0v) is 14.4. The number of anilines is 1. The molecule has 0 aromatic heterocycles. The van der Waals surface area contributed by atoms with Gasteiger partial charge in [0.15, 0.2) is 0 Å². The number of carbonyl (C=O) groups is 1. The van der Waals surface area contributed by atoms with E-state index in [-0.39, 0.29) is 11.8 Å². The summed E-state index contributed by atoms with van der Waals surface area (Å²) in [7, 11) is 0. The normalized spacial score (nSPS) is 22.6. The molecule has 6 heteroatoms. The van der Waals surface area contributed by atoms with Gasteiger partial charge in [0.1, 0.15) is 0 Å². The maximum atomic E-state index is 12.5. The van der Waals surface area contributed by atoms with Crippen LogP contribution >= 0.6 is 0 Å². The van der Waals surface area contributed by atoms with E-state index in [0.29, 0.717) is 19.4 Å². The lowest BCUT2D eigenvalue weighted by atomic mass is 10.0. The highest BCUT2D eigenvalue weighted by Gasteiger charge is 2.35. The van der Waals surface area contributed by atoms with Gasteiger partial charge in [0.25, 0.3) is 0 Å². The number of hydrogen-bond acceptors (Lipinski definition) is 2. The molecule has 0 unspecified atom stereocenters. The van der Waals surface area contributed by atoms with Crippen molar-refractivity contribution in [2.45, 2.75) is 44.7 Å². The lowest BCUT2D eigenvalue weighted by Crippen LogP contribution is -2.36. The number of benzene rings is 1. The van der Waals surface area contributed by atoms with Gasteiger partial charge in [0.2, 0.25) is 5.91 Å². The Morgan fingerprint density at radius 3 is 2.68 bits per heavy atom. The number of para-hydroxylation sites is 1. The largest absolute Gasteiger partial charge is 0.389 e. The van der Waals surface area contributed by atoms with Gasteiger partial charge < -0.3 is 9.80 Å². The number of rotatable bonds is 5. The number of hydrogen-bond donors (Lipinski definition) is 0. The topological polar surface area (TPSA) is 23.6 Å². The molecule has 3 rings (SSSR count). The molecule has 1 amide bonds. The first-order valence-corrected chi connectivity index (χ1v) is 9.10. The average Bonchev–Trinajstić information content (AvgIpc) is 2.99. The van der Waals surface area contributed by atoms with Crippen LogP contribution in [0.5, 0.6) is 0 Å². The summed E-state index contributed by atoms with van der Waals surface area (Å²) in [6, 6.07) is 7.91. The van der Waals surface area contributed by atoms with Crippen LogP contribution in [0.1, 0.15) is 37.7 Å². The van der Waals surface area contributed by atoms with E-state index in [1.807, 2.05) is 29.2 Å². The van der Waals surface area contributed by atoms with E-state index >= 15 is 0 Å². The van der Waals surface area contributed by atoms with E-state index in [1.165, 1.54) is 0 Å². The third kappa shape index (κ3) is 4.97. The first-order chi connectivity index (χ1) is 11.9. The van der Waals surface area contributed by atoms with Crippen LogP contribution in [0.4, 0.5) is 18.9 Å². The molecule has 0 bridgehead atoms. The lowest BCUT2D eigenvalue weighted by molar-refractivity contribution is -0.143. The molecule has 0 aliphatic carbocycles. The van der Waals surface area contributed by atoms with Crippen LogP contribution in [-0.4, -0.2) is 43.2 Å². The van der Waals surface area contributed by atoms with Crippen molar-refractivity contribution in [3.8, 4) is 0 Å². The minimum Gasteiger partial charge on any atom is -0.312 e. The fourth-order valence-corrected chi connectivity index (χ4v) is 3.93. The molecule has 1 aromatic rings. The Hall–Kier alpha value is -1.56. The number of alkyl halides is 3. The number of likely N-dealkylation sites (tertiary alicyclic amines) is 1. The van der Waals surface area contributed by atoms with E-state index in [9.17, 15) is 18.0 Å². The highest BCUT2D eigenvalue weighted by atomic mass is 19.4. The lowest BCUT2D eigenvalue weighted by Gasteiger charge is -2.29. The fourth-order valence-electron chi connectivity index (χ4n) is 3.93. The zero-order chi connectivity index (χ0) is 17.9. The van der Waals surface area contributed by atoms with Gasteiger partial charge in [0.05, 0.1) is 0 Å². The van der Waals surface area contributed by atoms with Crippen LogP contribution in [0.3, 0.4) is 0 Å². The van der Waals surface area contributed by atoms with Crippen LogP contribution in [0.25, 0.3) is 0 Å². The van der Waals surface area contributed by atoms with Crippen molar-refractivity contribution in [1.82, 2.24) is 4.90 Å². The summed E-state index contributed by atoms with van der Waals surface area (Å²) < 4.78 is 37.6. The quantitative estimate of drug-likeness (QED) is 0.797. The van der Waals surface area contributed by atoms with Gasteiger partial charge in [-0.05, 0) is 49.8 Å². The van der Waals surface area contributed by atoms with Crippen molar-refractivity contribution in [3.05, 3.63) is 29.8 Å². The Kier molecular flexibility index (Phi) is 5.67. The molecule has 1 atom stereocenters. The van der Waals surface area contributed by atoms with E-state index in [4.69, 9.17) is 0 Å². The summed E-state index contributed by atoms with van der Waals surface area (Å²) in [5.74, 6) is -0.107. The SMILES string of the molecule is O=C1CCCCN1c1ccccc1CCN1CC[C@H](CC(F)(F)F)C1. The second-order valence-electron chi connectivity index (χ2n) is 7.16. The summed E-state index contributed by atoms with van der Waals surface area (Å²) >= 11 is 0. The van der Waals surface area contributed by atoms with Gasteiger partial charge in [-0.25, -0.2) is 0 Å². The predicted octanol–water partition coefficient (Wildman–Crippen LogP) is 4.02. The van der Waals surface area contributed by atoms with Crippen molar-refractivity contribution in [2.75, 3.05) is 31.1 Å². The Morgan fingerprint density at radius 2 is 1.92 bits per heavy atom. The smallest absolute Gasteiger partial charge is 0.312 e. The monoisotopic (exact) mass is 354 g/mol. The number of nitrogens with zero attached hydrogens (tertiary/aromatic N) is 2. The molecule has 2 aliphatic rings. The molecule has 0 spiro atoms. The van der Waals surface area contributed by atoms with Crippen LogP contribution in [0.2, 0.25) is 0 Å². The number of carbonyl (C=O) groups excluding carboxylic acids is 1. The van der Waals surface area contributed by atoms with Crippen molar-refractivity contribution in [2.24, 2.45) is 5.92 Å². The Balaban J connectivity index is 1.58. The molecule has 138 valence electrons. The molecule has 3 nitrogen and oxygen atoms in total. The first kappa shape index (κ1) is 18.2. The maximum Gasteiger partial charge on any atom is 0.389 e. The zero-order valence-electron chi connectivity index (χ0n) is 14.4. The van der Waals surface area contributed by atoms with E-state index in [2.05, 4.69) is 4.90 Å². The van der Waals surface area contributed by atoms with Crippen LogP contribution in [-0.2, 0) is 11.2 Å². The minimum atomic E-state index is -4.07. The highest BCUT2D eigenvalue weighted by Crippen LogP contribution is 2.31. The van der Waals surface area contributed by atoms with Gasteiger partial charge in [-0.1, -0.05) is 18.2 Å². The molecule has 0 N–H and O–H groups in total. The third-order valence-electron chi connectivity index (χ3n) is 5.19. The first-order valence-electron chi connectivity index (χ1n) is 9.10. The summed E-state index contributed by atoms with van der Waals surface area (Å²) in [4.78, 5) is 16.2. The molecule has 25 heavy (non-hydrogen) atoms. The number of amides is 1. The number of piperidine rings is 1. The molecular formula is C19H25F3N2O. The third-order valence-corrected chi connectivity index (χ3v) is 5.19. The Bertz CT molecular complexity index is 603. The van der Waals surface area contributed by atoms with Gasteiger partial charge in [-0.15, -0.1) is 0 Å². The molecule has 0 radical (unpaired) electrons. The van der Waals surface area contributed by atoms with E-state index in [0.717, 1.165) is 50.1 Å². The van der Waals surface area contributed by atoms with Gasteiger partial charge in [-0.3, -0.25) is 4.79 Å². The van der Waals surface area contributed by atoms with Crippen molar-refractivity contribution in [3.63, 3.8) is 0 Å². The molecule has 0 saturated carbocycles. The Morgan fingerprint density at radius 1 is 1.12 bits per heavy atom. The van der Waals surface area contributed by atoms with Crippen LogP contribution < -0.4 is 4.90 Å². The highest BCUT2D eigenvalue weighted by molar-refractivity contribution is 5.94. The summed E-state index contributed by atoms with van der Waals surface area (Å²) in [6.45, 7) is 2.75. The second-order valence-corrected chi connectivity index (χ2v) is 7.16. The van der Waals surface area contributed by atoms with Gasteiger partial charge in [0, 0.05) is 38.2 Å².